The summed E-state index contributed by atoms with van der Waals surface area (Å²) in [6, 6.07) is 0. The van der Waals surface area contributed by atoms with Crippen LogP contribution in [0.1, 0.15) is 39.0 Å². The molecule has 1 heterocycles. The third-order valence-electron chi connectivity index (χ3n) is 2.53. The zero-order valence-electron chi connectivity index (χ0n) is 6.93. The summed E-state index contributed by atoms with van der Waals surface area (Å²) < 4.78 is 5.43. The highest BCUT2D eigenvalue weighted by Crippen LogP contribution is 2.56. The molecule has 1 aliphatic carbocycles. The van der Waals surface area contributed by atoms with Gasteiger partial charge in [0.05, 0.1) is 0 Å². The molecular weight excluding hydrogens is 156 g/mol. The number of allylic oxidation sites excluding steroid dienone is 1. The standard InChI is InChI=1S/C9H14OS/c1-2-9(10-11-9)8-6-4-3-5-7-8/h6H,2-5,7H2,1H3. The lowest BCUT2D eigenvalue weighted by atomic mass is 9.94. The average Bonchev–Trinajstić information content (AvgIpc) is 2.86. The summed E-state index contributed by atoms with van der Waals surface area (Å²) in [6.45, 7) is 2.20. The van der Waals surface area contributed by atoms with E-state index in [0.29, 0.717) is 0 Å². The molecule has 1 saturated heterocycles. The summed E-state index contributed by atoms with van der Waals surface area (Å²) in [5, 5.41) is 0. The maximum Gasteiger partial charge on any atom is 0.174 e. The predicted molar refractivity (Wildman–Crippen MR) is 48.2 cm³/mol. The fourth-order valence-corrected chi connectivity index (χ4v) is 2.42. The molecule has 2 aliphatic rings. The van der Waals surface area contributed by atoms with Crippen LogP contribution in [0.5, 0.6) is 0 Å². The van der Waals surface area contributed by atoms with Crippen molar-refractivity contribution in [1.82, 2.24) is 0 Å². The van der Waals surface area contributed by atoms with Crippen molar-refractivity contribution in [3.8, 4) is 0 Å². The largest absolute Gasteiger partial charge is 0.288 e. The molecule has 0 saturated carbocycles. The Kier molecular flexibility index (Phi) is 1.98. The van der Waals surface area contributed by atoms with Crippen LogP contribution in [0.25, 0.3) is 0 Å². The second kappa shape index (κ2) is 2.83. The Morgan fingerprint density at radius 2 is 2.45 bits per heavy atom. The van der Waals surface area contributed by atoms with Gasteiger partial charge >= 0.3 is 0 Å². The number of hydrogen-bond acceptors (Lipinski definition) is 2. The van der Waals surface area contributed by atoms with Crippen molar-refractivity contribution in [3.63, 3.8) is 0 Å². The summed E-state index contributed by atoms with van der Waals surface area (Å²) in [5.41, 5.74) is 1.55. The molecule has 1 aliphatic heterocycles. The second-order valence-electron chi connectivity index (χ2n) is 3.25. The van der Waals surface area contributed by atoms with Gasteiger partial charge in [0.15, 0.2) is 4.93 Å². The molecule has 2 heteroatoms. The normalized spacial score (nSPS) is 36.6. The summed E-state index contributed by atoms with van der Waals surface area (Å²) in [5.74, 6) is 0. The smallest absolute Gasteiger partial charge is 0.174 e. The van der Waals surface area contributed by atoms with Crippen LogP contribution < -0.4 is 0 Å². The third-order valence-corrected chi connectivity index (χ3v) is 3.65. The maximum atomic E-state index is 5.43. The van der Waals surface area contributed by atoms with E-state index in [-0.39, 0.29) is 4.93 Å². The molecule has 1 fully saturated rings. The molecule has 1 nitrogen and oxygen atoms in total. The van der Waals surface area contributed by atoms with Crippen LogP contribution in [0.3, 0.4) is 0 Å². The van der Waals surface area contributed by atoms with Crippen molar-refractivity contribution in [1.29, 1.82) is 0 Å². The summed E-state index contributed by atoms with van der Waals surface area (Å²) in [7, 11) is 0. The first-order chi connectivity index (χ1) is 5.37. The third kappa shape index (κ3) is 1.34. The van der Waals surface area contributed by atoms with E-state index in [1.54, 1.807) is 17.6 Å². The molecule has 11 heavy (non-hydrogen) atoms. The average molecular weight is 170 g/mol. The van der Waals surface area contributed by atoms with E-state index in [2.05, 4.69) is 13.0 Å². The van der Waals surface area contributed by atoms with E-state index in [1.807, 2.05) is 0 Å². The van der Waals surface area contributed by atoms with Crippen LogP contribution in [-0.2, 0) is 4.18 Å². The van der Waals surface area contributed by atoms with Gasteiger partial charge in [0, 0.05) is 12.0 Å². The van der Waals surface area contributed by atoms with Gasteiger partial charge in [0.25, 0.3) is 0 Å². The molecule has 62 valence electrons. The predicted octanol–water partition coefficient (Wildman–Crippen LogP) is 3.27. The zero-order chi connectivity index (χ0) is 7.73. The summed E-state index contributed by atoms with van der Waals surface area (Å²) in [4.78, 5) is 0.139. The Balaban J connectivity index is 2.08. The Hall–Kier alpha value is 0.0500. The van der Waals surface area contributed by atoms with Crippen molar-refractivity contribution in [3.05, 3.63) is 11.6 Å². The van der Waals surface area contributed by atoms with Crippen LogP contribution in [0.4, 0.5) is 0 Å². The topological polar surface area (TPSA) is 12.5 Å². The van der Waals surface area contributed by atoms with Crippen LogP contribution in [0, 0.1) is 0 Å². The quantitative estimate of drug-likeness (QED) is 0.358. The Morgan fingerprint density at radius 1 is 1.64 bits per heavy atom. The van der Waals surface area contributed by atoms with Gasteiger partial charge in [-0.3, -0.25) is 4.18 Å². The highest BCUT2D eigenvalue weighted by molar-refractivity contribution is 8.01. The van der Waals surface area contributed by atoms with Crippen molar-refractivity contribution < 1.29 is 4.18 Å². The number of hydrogen-bond donors (Lipinski definition) is 0. The van der Waals surface area contributed by atoms with Gasteiger partial charge in [-0.25, -0.2) is 0 Å². The molecule has 0 N–H and O–H groups in total. The van der Waals surface area contributed by atoms with Crippen LogP contribution >= 0.6 is 12.0 Å². The first-order valence-electron chi connectivity index (χ1n) is 4.44. The van der Waals surface area contributed by atoms with E-state index in [0.717, 1.165) is 6.42 Å². The molecule has 0 radical (unpaired) electrons. The fourth-order valence-electron chi connectivity index (χ4n) is 1.69. The van der Waals surface area contributed by atoms with Crippen molar-refractivity contribution >= 4 is 12.0 Å². The molecule has 1 atom stereocenters. The van der Waals surface area contributed by atoms with Crippen LogP contribution in [0.2, 0.25) is 0 Å². The van der Waals surface area contributed by atoms with Gasteiger partial charge in [-0.2, -0.15) is 0 Å². The SMILES string of the molecule is CCC1(C2=CCCCC2)OS1. The molecule has 0 aromatic carbocycles. The Bertz CT molecular complexity index is 182. The molecule has 2 rings (SSSR count). The highest BCUT2D eigenvalue weighted by atomic mass is 32.2. The minimum atomic E-state index is 0.139. The molecule has 0 spiro atoms. The second-order valence-corrected chi connectivity index (χ2v) is 4.24. The van der Waals surface area contributed by atoms with E-state index >= 15 is 0 Å². The zero-order valence-corrected chi connectivity index (χ0v) is 7.75. The molecular formula is C9H14OS. The molecule has 0 amide bonds. The monoisotopic (exact) mass is 170 g/mol. The van der Waals surface area contributed by atoms with Crippen molar-refractivity contribution in [2.45, 2.75) is 44.0 Å². The van der Waals surface area contributed by atoms with Crippen molar-refractivity contribution in [2.24, 2.45) is 0 Å². The molecule has 0 bridgehead atoms. The van der Waals surface area contributed by atoms with E-state index < -0.39 is 0 Å². The van der Waals surface area contributed by atoms with Gasteiger partial charge in [-0.1, -0.05) is 13.0 Å². The molecule has 0 aromatic heterocycles. The van der Waals surface area contributed by atoms with E-state index in [9.17, 15) is 0 Å². The minimum Gasteiger partial charge on any atom is -0.288 e. The van der Waals surface area contributed by atoms with Gasteiger partial charge in [0.2, 0.25) is 0 Å². The summed E-state index contributed by atoms with van der Waals surface area (Å²) >= 11 is 1.65. The summed E-state index contributed by atoms with van der Waals surface area (Å²) in [6.07, 6.45) is 8.77. The van der Waals surface area contributed by atoms with Gasteiger partial charge < -0.3 is 0 Å². The van der Waals surface area contributed by atoms with Gasteiger partial charge in [-0.15, -0.1) is 0 Å². The Labute approximate surface area is 72.4 Å². The first-order valence-corrected chi connectivity index (χ1v) is 5.18. The lowest BCUT2D eigenvalue weighted by Gasteiger charge is -2.16. The van der Waals surface area contributed by atoms with E-state index in [4.69, 9.17) is 4.18 Å². The Morgan fingerprint density at radius 3 is 2.91 bits per heavy atom. The first kappa shape index (κ1) is 7.69. The van der Waals surface area contributed by atoms with Crippen LogP contribution in [0.15, 0.2) is 11.6 Å². The molecule has 1 unspecified atom stereocenters. The van der Waals surface area contributed by atoms with Gasteiger partial charge in [0.1, 0.15) is 0 Å². The minimum absolute atomic E-state index is 0.139. The van der Waals surface area contributed by atoms with Crippen LogP contribution in [-0.4, -0.2) is 4.93 Å². The van der Waals surface area contributed by atoms with Crippen molar-refractivity contribution in [2.75, 3.05) is 0 Å². The van der Waals surface area contributed by atoms with Gasteiger partial charge in [-0.05, 0) is 37.7 Å². The van der Waals surface area contributed by atoms with E-state index in [1.165, 1.54) is 25.7 Å². The fraction of sp³-hybridized carbons (Fsp3) is 0.778. The highest BCUT2D eigenvalue weighted by Gasteiger charge is 2.48. The number of rotatable bonds is 2. The lowest BCUT2D eigenvalue weighted by molar-refractivity contribution is 0.340. The maximum absolute atomic E-state index is 5.43. The molecule has 0 aromatic rings. The lowest BCUT2D eigenvalue weighted by Crippen LogP contribution is -2.12.